The Balaban J connectivity index is 2.17. The van der Waals surface area contributed by atoms with E-state index in [1.54, 1.807) is 12.3 Å². The van der Waals surface area contributed by atoms with Crippen molar-refractivity contribution in [3.63, 3.8) is 0 Å². The van der Waals surface area contributed by atoms with E-state index < -0.39 is 17.8 Å². The van der Waals surface area contributed by atoms with Gasteiger partial charge in [-0.2, -0.15) is 13.2 Å². The maximum atomic E-state index is 13.0. The zero-order chi connectivity index (χ0) is 14.0. The van der Waals surface area contributed by atoms with Crippen molar-refractivity contribution < 1.29 is 13.2 Å². The van der Waals surface area contributed by atoms with Gasteiger partial charge >= 0.3 is 6.18 Å². The summed E-state index contributed by atoms with van der Waals surface area (Å²) in [5.74, 6) is 0. The van der Waals surface area contributed by atoms with E-state index in [1.165, 1.54) is 6.08 Å². The van der Waals surface area contributed by atoms with Gasteiger partial charge in [0.1, 0.15) is 0 Å². The molecule has 1 unspecified atom stereocenters. The highest BCUT2D eigenvalue weighted by Gasteiger charge is 2.36. The van der Waals surface area contributed by atoms with E-state index in [-0.39, 0.29) is 5.57 Å². The smallest absolute Gasteiger partial charge is 0.374 e. The Kier molecular flexibility index (Phi) is 4.01. The first kappa shape index (κ1) is 14.1. The molecular formula is C13H18F3N3. The molecule has 106 valence electrons. The standard InChI is InChI=1S/C13H18F3N3/c1-18-4-6-19(7-5-18)9-10-2-3-11(17)8-12(10)13(14,15)16/h2-3,8-9,11H,4-7,17H2,1H3/b10-9-. The number of hydrogen-bond acceptors (Lipinski definition) is 3. The Morgan fingerprint density at radius 3 is 2.47 bits per heavy atom. The first-order valence-corrected chi connectivity index (χ1v) is 6.24. The number of alkyl halides is 3. The van der Waals surface area contributed by atoms with Gasteiger partial charge in [0.05, 0.1) is 5.57 Å². The summed E-state index contributed by atoms with van der Waals surface area (Å²) in [6.45, 7) is 3.20. The van der Waals surface area contributed by atoms with Crippen LogP contribution in [0.5, 0.6) is 0 Å². The molecule has 6 heteroatoms. The normalized spacial score (nSPS) is 27.8. The van der Waals surface area contributed by atoms with Crippen molar-refractivity contribution >= 4 is 0 Å². The van der Waals surface area contributed by atoms with Gasteiger partial charge in [-0.25, -0.2) is 0 Å². The lowest BCUT2D eigenvalue weighted by Crippen LogP contribution is -2.42. The average Bonchev–Trinajstić information content (AvgIpc) is 2.33. The van der Waals surface area contributed by atoms with E-state index in [1.807, 2.05) is 11.9 Å². The second-order valence-electron chi connectivity index (χ2n) is 4.94. The molecule has 0 aromatic carbocycles. The molecule has 19 heavy (non-hydrogen) atoms. The van der Waals surface area contributed by atoms with Crippen LogP contribution in [0.1, 0.15) is 0 Å². The summed E-state index contributed by atoms with van der Waals surface area (Å²) in [6.07, 6.45) is 1.35. The van der Waals surface area contributed by atoms with E-state index in [2.05, 4.69) is 4.90 Å². The highest BCUT2D eigenvalue weighted by Crippen LogP contribution is 2.34. The van der Waals surface area contributed by atoms with Crippen molar-refractivity contribution in [3.05, 3.63) is 35.6 Å². The predicted octanol–water partition coefficient (Wildman–Crippen LogP) is 1.50. The molecule has 0 aromatic heterocycles. The summed E-state index contributed by atoms with van der Waals surface area (Å²) >= 11 is 0. The van der Waals surface area contributed by atoms with Gasteiger partial charge in [0.2, 0.25) is 0 Å². The zero-order valence-corrected chi connectivity index (χ0v) is 10.8. The molecule has 0 radical (unpaired) electrons. The van der Waals surface area contributed by atoms with Crippen LogP contribution in [0.4, 0.5) is 13.2 Å². The van der Waals surface area contributed by atoms with Gasteiger partial charge in [-0.3, -0.25) is 0 Å². The van der Waals surface area contributed by atoms with Crippen molar-refractivity contribution in [3.8, 4) is 0 Å². The SMILES string of the molecule is CN1CCN(/C=C2/C=CC(N)C=C2C(F)(F)F)CC1. The highest BCUT2D eigenvalue weighted by molar-refractivity contribution is 5.47. The highest BCUT2D eigenvalue weighted by atomic mass is 19.4. The summed E-state index contributed by atoms with van der Waals surface area (Å²) in [7, 11) is 2.01. The first-order chi connectivity index (χ1) is 8.86. The quantitative estimate of drug-likeness (QED) is 0.786. The van der Waals surface area contributed by atoms with Crippen LogP contribution >= 0.6 is 0 Å². The molecule has 1 aliphatic carbocycles. The molecule has 1 atom stereocenters. The minimum Gasteiger partial charge on any atom is -0.374 e. The number of nitrogens with zero attached hydrogens (tertiary/aromatic N) is 2. The molecule has 2 aliphatic rings. The van der Waals surface area contributed by atoms with Crippen LogP contribution in [-0.4, -0.2) is 55.2 Å². The van der Waals surface area contributed by atoms with Crippen LogP contribution in [0.3, 0.4) is 0 Å². The maximum Gasteiger partial charge on any atom is 0.416 e. The van der Waals surface area contributed by atoms with Gasteiger partial charge in [0, 0.05) is 44.0 Å². The number of piperazine rings is 1. The number of halogens is 3. The molecule has 0 saturated carbocycles. The lowest BCUT2D eigenvalue weighted by Gasteiger charge is -2.32. The number of likely N-dealkylation sites (N-methyl/N-ethyl adjacent to an activating group) is 1. The maximum absolute atomic E-state index is 13.0. The molecule has 0 spiro atoms. The van der Waals surface area contributed by atoms with E-state index in [0.717, 1.165) is 32.3 Å². The fourth-order valence-corrected chi connectivity index (χ4v) is 2.17. The third kappa shape index (κ3) is 3.61. The third-order valence-electron chi connectivity index (χ3n) is 3.33. The van der Waals surface area contributed by atoms with Crippen LogP contribution < -0.4 is 5.73 Å². The van der Waals surface area contributed by atoms with Gasteiger partial charge in [0.25, 0.3) is 0 Å². The molecule has 0 bridgehead atoms. The Morgan fingerprint density at radius 2 is 1.89 bits per heavy atom. The molecule has 1 aliphatic heterocycles. The van der Waals surface area contributed by atoms with Crippen molar-refractivity contribution in [1.82, 2.24) is 9.80 Å². The number of allylic oxidation sites excluding steroid dienone is 3. The van der Waals surface area contributed by atoms with Crippen molar-refractivity contribution in [2.75, 3.05) is 33.2 Å². The molecule has 2 rings (SSSR count). The lowest BCUT2D eigenvalue weighted by molar-refractivity contribution is -0.0895. The Bertz CT molecular complexity index is 415. The summed E-state index contributed by atoms with van der Waals surface area (Å²) in [5.41, 5.74) is 5.08. The van der Waals surface area contributed by atoms with Gasteiger partial charge in [-0.15, -0.1) is 0 Å². The topological polar surface area (TPSA) is 32.5 Å². The molecule has 0 aromatic rings. The summed E-state index contributed by atoms with van der Waals surface area (Å²) in [5, 5.41) is 0. The molecule has 1 saturated heterocycles. The monoisotopic (exact) mass is 273 g/mol. The second-order valence-corrected chi connectivity index (χ2v) is 4.94. The van der Waals surface area contributed by atoms with Gasteiger partial charge < -0.3 is 15.5 Å². The van der Waals surface area contributed by atoms with Crippen molar-refractivity contribution in [1.29, 1.82) is 0 Å². The second kappa shape index (κ2) is 5.38. The summed E-state index contributed by atoms with van der Waals surface area (Å²) in [6, 6.07) is -0.665. The largest absolute Gasteiger partial charge is 0.416 e. The van der Waals surface area contributed by atoms with Crippen molar-refractivity contribution in [2.24, 2.45) is 5.73 Å². The fourth-order valence-electron chi connectivity index (χ4n) is 2.17. The minimum atomic E-state index is -4.36. The first-order valence-electron chi connectivity index (χ1n) is 6.24. The van der Waals surface area contributed by atoms with E-state index in [9.17, 15) is 13.2 Å². The average molecular weight is 273 g/mol. The van der Waals surface area contributed by atoms with Crippen LogP contribution in [0.15, 0.2) is 35.6 Å². The summed E-state index contributed by atoms with van der Waals surface area (Å²) in [4.78, 5) is 4.08. The molecular weight excluding hydrogens is 255 g/mol. The van der Waals surface area contributed by atoms with Gasteiger partial charge in [-0.1, -0.05) is 18.2 Å². The Labute approximate surface area is 110 Å². The number of hydrogen-bond donors (Lipinski definition) is 1. The van der Waals surface area contributed by atoms with Crippen LogP contribution in [0, 0.1) is 0 Å². The lowest BCUT2D eigenvalue weighted by atomic mass is 9.97. The molecule has 3 nitrogen and oxygen atoms in total. The molecule has 1 heterocycles. The van der Waals surface area contributed by atoms with E-state index >= 15 is 0 Å². The predicted molar refractivity (Wildman–Crippen MR) is 68.4 cm³/mol. The van der Waals surface area contributed by atoms with Crippen molar-refractivity contribution in [2.45, 2.75) is 12.2 Å². The third-order valence-corrected chi connectivity index (χ3v) is 3.33. The van der Waals surface area contributed by atoms with Gasteiger partial charge in [-0.05, 0) is 7.05 Å². The minimum absolute atomic E-state index is 0.193. The molecule has 0 amide bonds. The Morgan fingerprint density at radius 1 is 1.26 bits per heavy atom. The van der Waals surface area contributed by atoms with Crippen LogP contribution in [0.25, 0.3) is 0 Å². The molecule has 1 fully saturated rings. The van der Waals surface area contributed by atoms with Crippen LogP contribution in [0.2, 0.25) is 0 Å². The van der Waals surface area contributed by atoms with Gasteiger partial charge in [0.15, 0.2) is 0 Å². The molecule has 2 N–H and O–H groups in total. The summed E-state index contributed by atoms with van der Waals surface area (Å²) < 4.78 is 38.9. The fraction of sp³-hybridized carbons (Fsp3) is 0.538. The number of rotatable bonds is 1. The number of nitrogens with two attached hydrogens (primary N) is 1. The zero-order valence-electron chi connectivity index (χ0n) is 10.8. The van der Waals surface area contributed by atoms with E-state index in [4.69, 9.17) is 5.73 Å². The van der Waals surface area contributed by atoms with Crippen LogP contribution in [-0.2, 0) is 0 Å². The van der Waals surface area contributed by atoms with E-state index in [0.29, 0.717) is 0 Å². The Hall–Kier alpha value is -1.27.